The topological polar surface area (TPSA) is 15.8 Å². The Balaban J connectivity index is 3.21. The Bertz CT molecular complexity index is 382. The van der Waals surface area contributed by atoms with Crippen LogP contribution in [0, 0.1) is 0 Å². The Labute approximate surface area is 79.5 Å². The first-order valence-electron chi connectivity index (χ1n) is 4.81. The molecule has 70 valence electrons. The minimum atomic E-state index is 1.01. The SMILES string of the molecule is C=c1[nH]cc/c1=C(/C=C\CC)CC. The van der Waals surface area contributed by atoms with E-state index in [1.807, 2.05) is 6.20 Å². The summed E-state index contributed by atoms with van der Waals surface area (Å²) in [6.07, 6.45) is 8.45. The van der Waals surface area contributed by atoms with E-state index in [2.05, 4.69) is 43.6 Å². The lowest BCUT2D eigenvalue weighted by Crippen LogP contribution is -2.22. The average Bonchev–Trinajstić information content (AvgIpc) is 2.54. The second-order valence-corrected chi connectivity index (χ2v) is 3.06. The highest BCUT2D eigenvalue weighted by molar-refractivity contribution is 5.55. The maximum absolute atomic E-state index is 3.95. The van der Waals surface area contributed by atoms with Crippen molar-refractivity contribution < 1.29 is 0 Å². The monoisotopic (exact) mass is 175 g/mol. The van der Waals surface area contributed by atoms with Gasteiger partial charge in [-0.2, -0.15) is 0 Å². The molecule has 0 fully saturated rings. The van der Waals surface area contributed by atoms with Crippen LogP contribution in [0.1, 0.15) is 26.7 Å². The Morgan fingerprint density at radius 1 is 1.54 bits per heavy atom. The molecule has 0 aromatic carbocycles. The summed E-state index contributed by atoms with van der Waals surface area (Å²) >= 11 is 0. The van der Waals surface area contributed by atoms with E-state index in [4.69, 9.17) is 0 Å². The van der Waals surface area contributed by atoms with Crippen LogP contribution in [0.2, 0.25) is 0 Å². The van der Waals surface area contributed by atoms with Crippen molar-refractivity contribution in [3.63, 3.8) is 0 Å². The van der Waals surface area contributed by atoms with Crippen LogP contribution in [0.3, 0.4) is 0 Å². The third-order valence-electron chi connectivity index (χ3n) is 2.11. The maximum atomic E-state index is 3.95. The van der Waals surface area contributed by atoms with Crippen LogP contribution >= 0.6 is 0 Å². The van der Waals surface area contributed by atoms with Crippen molar-refractivity contribution in [1.29, 1.82) is 0 Å². The quantitative estimate of drug-likeness (QED) is 0.722. The number of H-pyrrole nitrogens is 1. The number of hydrogen-bond donors (Lipinski definition) is 1. The fourth-order valence-corrected chi connectivity index (χ4v) is 1.36. The van der Waals surface area contributed by atoms with Crippen LogP contribution in [-0.2, 0) is 0 Å². The number of aromatic nitrogens is 1. The van der Waals surface area contributed by atoms with Crippen molar-refractivity contribution >= 4 is 12.2 Å². The van der Waals surface area contributed by atoms with Crippen molar-refractivity contribution in [2.24, 2.45) is 0 Å². The van der Waals surface area contributed by atoms with Gasteiger partial charge in [-0.1, -0.05) is 32.6 Å². The van der Waals surface area contributed by atoms with Gasteiger partial charge in [-0.3, -0.25) is 0 Å². The molecule has 1 N–H and O–H groups in total. The van der Waals surface area contributed by atoms with Crippen LogP contribution in [0.25, 0.3) is 12.2 Å². The zero-order chi connectivity index (χ0) is 9.68. The van der Waals surface area contributed by atoms with E-state index in [-0.39, 0.29) is 0 Å². The van der Waals surface area contributed by atoms with Crippen LogP contribution < -0.4 is 10.6 Å². The molecule has 1 nitrogen and oxygen atoms in total. The lowest BCUT2D eigenvalue weighted by Gasteiger charge is -1.94. The molecule has 0 aliphatic carbocycles. The maximum Gasteiger partial charge on any atom is 0.0383 e. The van der Waals surface area contributed by atoms with Crippen LogP contribution in [0.15, 0.2) is 24.4 Å². The van der Waals surface area contributed by atoms with E-state index in [0.29, 0.717) is 0 Å². The fraction of sp³-hybridized carbons (Fsp3) is 0.333. The summed E-state index contributed by atoms with van der Waals surface area (Å²) in [5.74, 6) is 0. The standard InChI is InChI=1S/C12H17N/c1-4-6-7-11(5-2)12-8-9-13-10(12)3/h6-9,13H,3-5H2,1-2H3/b7-6-,12-11-. The van der Waals surface area contributed by atoms with E-state index in [1.165, 1.54) is 10.8 Å². The molecule has 1 heteroatoms. The first kappa shape index (κ1) is 9.85. The van der Waals surface area contributed by atoms with Crippen LogP contribution in [0.5, 0.6) is 0 Å². The molecule has 1 aromatic rings. The average molecular weight is 175 g/mol. The van der Waals surface area contributed by atoms with Gasteiger partial charge in [-0.05, 0) is 24.5 Å². The fourth-order valence-electron chi connectivity index (χ4n) is 1.36. The summed E-state index contributed by atoms with van der Waals surface area (Å²) in [4.78, 5) is 3.09. The van der Waals surface area contributed by atoms with E-state index < -0.39 is 0 Å². The Morgan fingerprint density at radius 2 is 2.31 bits per heavy atom. The van der Waals surface area contributed by atoms with Gasteiger partial charge >= 0.3 is 0 Å². The lowest BCUT2D eigenvalue weighted by atomic mass is 10.1. The summed E-state index contributed by atoms with van der Waals surface area (Å²) in [5, 5.41) is 2.25. The highest BCUT2D eigenvalue weighted by atomic mass is 14.6. The molecule has 13 heavy (non-hydrogen) atoms. The van der Waals surface area contributed by atoms with E-state index in [1.54, 1.807) is 0 Å². The highest BCUT2D eigenvalue weighted by Gasteiger charge is 1.91. The highest BCUT2D eigenvalue weighted by Crippen LogP contribution is 2.01. The van der Waals surface area contributed by atoms with E-state index in [0.717, 1.165) is 18.2 Å². The minimum Gasteiger partial charge on any atom is -0.362 e. The Morgan fingerprint density at radius 3 is 2.77 bits per heavy atom. The number of hydrogen-bond acceptors (Lipinski definition) is 0. The van der Waals surface area contributed by atoms with Gasteiger partial charge in [0.2, 0.25) is 0 Å². The normalized spacial score (nSPS) is 13.7. The molecule has 0 aliphatic rings. The zero-order valence-electron chi connectivity index (χ0n) is 8.43. The van der Waals surface area contributed by atoms with Crippen LogP contribution in [0.4, 0.5) is 0 Å². The van der Waals surface area contributed by atoms with Gasteiger partial charge in [0.05, 0.1) is 0 Å². The van der Waals surface area contributed by atoms with Gasteiger partial charge in [-0.25, -0.2) is 0 Å². The molecule has 0 amide bonds. The summed E-state index contributed by atoms with van der Waals surface area (Å²) in [6, 6.07) is 2.08. The molecule has 1 heterocycles. The van der Waals surface area contributed by atoms with Gasteiger partial charge < -0.3 is 4.98 Å². The molecule has 1 rings (SSSR count). The Kier molecular flexibility index (Phi) is 3.56. The predicted molar refractivity (Wildman–Crippen MR) is 58.7 cm³/mol. The Hall–Kier alpha value is -1.24. The molecule has 0 saturated heterocycles. The van der Waals surface area contributed by atoms with Crippen molar-refractivity contribution in [2.45, 2.75) is 26.7 Å². The first-order valence-corrected chi connectivity index (χ1v) is 4.81. The summed E-state index contributed by atoms with van der Waals surface area (Å²) in [6.45, 7) is 8.26. The number of nitrogens with one attached hydrogen (secondary N) is 1. The number of aromatic amines is 1. The van der Waals surface area contributed by atoms with Crippen molar-refractivity contribution in [3.8, 4) is 0 Å². The summed E-state index contributed by atoms with van der Waals surface area (Å²) < 4.78 is 0. The molecule has 0 aliphatic heterocycles. The third-order valence-corrected chi connectivity index (χ3v) is 2.11. The lowest BCUT2D eigenvalue weighted by molar-refractivity contribution is 1.19. The van der Waals surface area contributed by atoms with E-state index >= 15 is 0 Å². The molecule has 0 radical (unpaired) electrons. The first-order chi connectivity index (χ1) is 6.29. The molecule has 0 unspecified atom stereocenters. The molecule has 0 atom stereocenters. The van der Waals surface area contributed by atoms with Gasteiger partial charge in [0.1, 0.15) is 0 Å². The molecule has 0 spiro atoms. The molecular weight excluding hydrogens is 158 g/mol. The second-order valence-electron chi connectivity index (χ2n) is 3.06. The molecule has 0 bridgehead atoms. The summed E-state index contributed by atoms with van der Waals surface area (Å²) in [7, 11) is 0. The van der Waals surface area contributed by atoms with E-state index in [9.17, 15) is 0 Å². The van der Waals surface area contributed by atoms with Gasteiger partial charge in [-0.15, -0.1) is 0 Å². The molecule has 0 saturated carbocycles. The number of allylic oxidation sites excluding steroid dienone is 2. The van der Waals surface area contributed by atoms with Gasteiger partial charge in [0, 0.05) is 16.8 Å². The van der Waals surface area contributed by atoms with Crippen molar-refractivity contribution in [1.82, 2.24) is 4.98 Å². The van der Waals surface area contributed by atoms with Crippen molar-refractivity contribution in [2.75, 3.05) is 0 Å². The summed E-state index contributed by atoms with van der Waals surface area (Å²) in [5.41, 5.74) is 1.35. The van der Waals surface area contributed by atoms with Gasteiger partial charge in [0.15, 0.2) is 0 Å². The van der Waals surface area contributed by atoms with Gasteiger partial charge in [0.25, 0.3) is 0 Å². The third kappa shape index (κ3) is 2.35. The smallest absolute Gasteiger partial charge is 0.0383 e. The van der Waals surface area contributed by atoms with Crippen LogP contribution in [-0.4, -0.2) is 4.98 Å². The minimum absolute atomic E-state index is 1.01. The molecular formula is C12H17N. The largest absolute Gasteiger partial charge is 0.362 e. The number of rotatable bonds is 3. The second kappa shape index (κ2) is 4.70. The molecule has 1 aromatic heterocycles. The predicted octanol–water partition coefficient (Wildman–Crippen LogP) is 1.95. The zero-order valence-corrected chi connectivity index (χ0v) is 8.43. The van der Waals surface area contributed by atoms with Crippen molar-refractivity contribution in [3.05, 3.63) is 35.0 Å².